The van der Waals surface area contributed by atoms with E-state index >= 15 is 0 Å². The predicted molar refractivity (Wildman–Crippen MR) is 73.5 cm³/mol. The highest BCUT2D eigenvalue weighted by molar-refractivity contribution is 5.51. The zero-order valence-electron chi connectivity index (χ0n) is 11.3. The maximum Gasteiger partial charge on any atom is 0.213 e. The monoisotopic (exact) mass is 258 g/mol. The molecule has 0 aliphatic carbocycles. The van der Waals surface area contributed by atoms with Crippen molar-refractivity contribution >= 4 is 5.82 Å². The molecule has 3 rings (SSSR count). The Hall–Kier alpha value is -2.04. The van der Waals surface area contributed by atoms with Crippen LogP contribution in [0.1, 0.15) is 23.2 Å². The molecule has 0 atom stereocenters. The molecule has 0 fully saturated rings. The Labute approximate surface area is 112 Å². The van der Waals surface area contributed by atoms with Gasteiger partial charge in [0.1, 0.15) is 0 Å². The van der Waals surface area contributed by atoms with E-state index in [1.165, 1.54) is 23.2 Å². The number of nitrogens with one attached hydrogen (secondary N) is 1. The molecule has 3 heterocycles. The van der Waals surface area contributed by atoms with Gasteiger partial charge in [0.15, 0.2) is 5.82 Å². The van der Waals surface area contributed by atoms with Gasteiger partial charge in [0.2, 0.25) is 5.88 Å². The minimum Gasteiger partial charge on any atom is -0.481 e. The largest absolute Gasteiger partial charge is 0.481 e. The van der Waals surface area contributed by atoms with Crippen molar-refractivity contribution in [3.05, 3.63) is 35.2 Å². The third-order valence-corrected chi connectivity index (χ3v) is 3.59. The van der Waals surface area contributed by atoms with Crippen molar-refractivity contribution in [3.8, 4) is 5.88 Å². The fourth-order valence-corrected chi connectivity index (χ4v) is 2.59. The van der Waals surface area contributed by atoms with E-state index in [0.29, 0.717) is 5.88 Å². The van der Waals surface area contributed by atoms with Gasteiger partial charge in [0.25, 0.3) is 0 Å². The van der Waals surface area contributed by atoms with E-state index in [4.69, 9.17) is 4.74 Å². The summed E-state index contributed by atoms with van der Waals surface area (Å²) in [6, 6.07) is 4.00. The summed E-state index contributed by atoms with van der Waals surface area (Å²) < 4.78 is 5.17. The molecule has 2 aromatic rings. The zero-order chi connectivity index (χ0) is 13.2. The summed E-state index contributed by atoms with van der Waals surface area (Å²) >= 11 is 0. The molecule has 0 bridgehead atoms. The molecule has 0 saturated heterocycles. The fraction of sp³-hybridized carbons (Fsp3) is 0.429. The van der Waals surface area contributed by atoms with E-state index in [1.54, 1.807) is 13.3 Å². The number of nitrogens with zero attached hydrogens (tertiary/aromatic N) is 3. The Morgan fingerprint density at radius 1 is 1.47 bits per heavy atom. The standard InChI is InChI=1S/C14H18N4O/c1-10-12-4-3-7-18(14(12)17-16-10)9-11-5-6-15-13(8-11)19-2/h5-6,8H,3-4,7,9H2,1-2H3,(H,16,17). The Kier molecular flexibility index (Phi) is 3.11. The molecule has 1 aliphatic rings. The Morgan fingerprint density at radius 3 is 3.21 bits per heavy atom. The Morgan fingerprint density at radius 2 is 2.37 bits per heavy atom. The molecule has 1 aliphatic heterocycles. The topological polar surface area (TPSA) is 54.0 Å². The maximum atomic E-state index is 5.17. The van der Waals surface area contributed by atoms with E-state index in [9.17, 15) is 0 Å². The number of ether oxygens (including phenoxy) is 1. The quantitative estimate of drug-likeness (QED) is 0.915. The van der Waals surface area contributed by atoms with Crippen LogP contribution in [0.15, 0.2) is 18.3 Å². The van der Waals surface area contributed by atoms with E-state index < -0.39 is 0 Å². The summed E-state index contributed by atoms with van der Waals surface area (Å²) in [5.74, 6) is 1.76. The van der Waals surface area contributed by atoms with Crippen molar-refractivity contribution in [2.24, 2.45) is 0 Å². The van der Waals surface area contributed by atoms with Gasteiger partial charge in [-0.1, -0.05) is 0 Å². The molecular weight excluding hydrogens is 240 g/mol. The van der Waals surface area contributed by atoms with E-state index in [0.717, 1.165) is 25.3 Å². The molecule has 2 aromatic heterocycles. The smallest absolute Gasteiger partial charge is 0.213 e. The first-order valence-electron chi connectivity index (χ1n) is 6.55. The van der Waals surface area contributed by atoms with Crippen LogP contribution in [0, 0.1) is 6.92 Å². The maximum absolute atomic E-state index is 5.17. The number of pyridine rings is 1. The highest BCUT2D eigenvalue weighted by atomic mass is 16.5. The van der Waals surface area contributed by atoms with Crippen LogP contribution in [0.25, 0.3) is 0 Å². The lowest BCUT2D eigenvalue weighted by Gasteiger charge is -2.27. The van der Waals surface area contributed by atoms with Gasteiger partial charge in [-0.2, -0.15) is 5.10 Å². The number of rotatable bonds is 3. The number of hydrogen-bond donors (Lipinski definition) is 1. The normalized spacial score (nSPS) is 14.3. The number of aromatic nitrogens is 3. The lowest BCUT2D eigenvalue weighted by Crippen LogP contribution is -2.28. The van der Waals surface area contributed by atoms with Crippen molar-refractivity contribution < 1.29 is 4.74 Å². The summed E-state index contributed by atoms with van der Waals surface area (Å²) in [6.07, 6.45) is 4.08. The number of aryl methyl sites for hydroxylation is 1. The zero-order valence-corrected chi connectivity index (χ0v) is 11.3. The minimum atomic E-state index is 0.660. The van der Waals surface area contributed by atoms with Gasteiger partial charge in [0, 0.05) is 36.6 Å². The molecule has 5 heteroatoms. The number of methoxy groups -OCH3 is 1. The first-order chi connectivity index (χ1) is 9.28. The Bertz CT molecular complexity index is 579. The molecule has 19 heavy (non-hydrogen) atoms. The first kappa shape index (κ1) is 12.0. The summed E-state index contributed by atoms with van der Waals surface area (Å²) in [4.78, 5) is 6.45. The molecule has 0 unspecified atom stereocenters. The summed E-state index contributed by atoms with van der Waals surface area (Å²) in [7, 11) is 1.64. The number of hydrogen-bond acceptors (Lipinski definition) is 4. The second-order valence-corrected chi connectivity index (χ2v) is 4.88. The highest BCUT2D eigenvalue weighted by Crippen LogP contribution is 2.28. The average molecular weight is 258 g/mol. The molecular formula is C14H18N4O. The molecule has 0 aromatic carbocycles. The van der Waals surface area contributed by atoms with Gasteiger partial charge in [-0.3, -0.25) is 5.10 Å². The number of aromatic amines is 1. The minimum absolute atomic E-state index is 0.660. The molecule has 0 radical (unpaired) electrons. The molecule has 5 nitrogen and oxygen atoms in total. The summed E-state index contributed by atoms with van der Waals surface area (Å²) in [6.45, 7) is 3.98. The van der Waals surface area contributed by atoms with Gasteiger partial charge in [-0.05, 0) is 31.4 Å². The molecule has 0 amide bonds. The van der Waals surface area contributed by atoms with Crippen LogP contribution in [0.4, 0.5) is 5.82 Å². The lowest BCUT2D eigenvalue weighted by molar-refractivity contribution is 0.397. The van der Waals surface area contributed by atoms with Crippen LogP contribution in [0.3, 0.4) is 0 Å². The van der Waals surface area contributed by atoms with Crippen LogP contribution in [-0.4, -0.2) is 28.8 Å². The highest BCUT2D eigenvalue weighted by Gasteiger charge is 2.21. The SMILES string of the molecule is COc1cc(CN2CCCc3c2n[nH]c3C)ccn1. The second-order valence-electron chi connectivity index (χ2n) is 4.88. The van der Waals surface area contributed by atoms with Gasteiger partial charge in [0.05, 0.1) is 7.11 Å². The fourth-order valence-electron chi connectivity index (χ4n) is 2.59. The summed E-state index contributed by atoms with van der Waals surface area (Å²) in [5, 5.41) is 7.52. The van der Waals surface area contributed by atoms with Gasteiger partial charge < -0.3 is 9.64 Å². The summed E-state index contributed by atoms with van der Waals surface area (Å²) in [5.41, 5.74) is 3.74. The van der Waals surface area contributed by atoms with E-state index in [2.05, 4.69) is 27.0 Å². The third kappa shape index (κ3) is 2.28. The second kappa shape index (κ2) is 4.91. The van der Waals surface area contributed by atoms with Gasteiger partial charge in [-0.15, -0.1) is 0 Å². The first-order valence-corrected chi connectivity index (χ1v) is 6.55. The average Bonchev–Trinajstić information content (AvgIpc) is 2.82. The molecule has 0 saturated carbocycles. The van der Waals surface area contributed by atoms with Crippen LogP contribution in [0.2, 0.25) is 0 Å². The molecule has 1 N–H and O–H groups in total. The van der Waals surface area contributed by atoms with Crippen molar-refractivity contribution in [2.75, 3.05) is 18.6 Å². The predicted octanol–water partition coefficient (Wildman–Crippen LogP) is 2.07. The van der Waals surface area contributed by atoms with Gasteiger partial charge in [-0.25, -0.2) is 4.98 Å². The van der Waals surface area contributed by atoms with Gasteiger partial charge >= 0.3 is 0 Å². The van der Waals surface area contributed by atoms with Crippen LogP contribution in [0.5, 0.6) is 5.88 Å². The Balaban J connectivity index is 1.84. The third-order valence-electron chi connectivity index (χ3n) is 3.59. The van der Waals surface area contributed by atoms with Crippen molar-refractivity contribution in [1.29, 1.82) is 0 Å². The van der Waals surface area contributed by atoms with E-state index in [-0.39, 0.29) is 0 Å². The lowest BCUT2D eigenvalue weighted by atomic mass is 10.0. The molecule has 100 valence electrons. The van der Waals surface area contributed by atoms with Crippen LogP contribution < -0.4 is 9.64 Å². The van der Waals surface area contributed by atoms with E-state index in [1.807, 2.05) is 12.1 Å². The van der Waals surface area contributed by atoms with Crippen LogP contribution in [-0.2, 0) is 13.0 Å². The van der Waals surface area contributed by atoms with Crippen molar-refractivity contribution in [1.82, 2.24) is 15.2 Å². The molecule has 0 spiro atoms. The number of fused-ring (bicyclic) bond motifs is 1. The van der Waals surface area contributed by atoms with Crippen LogP contribution >= 0.6 is 0 Å². The number of anilines is 1. The van der Waals surface area contributed by atoms with Crippen molar-refractivity contribution in [2.45, 2.75) is 26.3 Å². The van der Waals surface area contributed by atoms with Crippen molar-refractivity contribution in [3.63, 3.8) is 0 Å². The number of H-pyrrole nitrogens is 1.